The van der Waals surface area contributed by atoms with Crippen LogP contribution in [-0.4, -0.2) is 202 Å². The van der Waals surface area contributed by atoms with Gasteiger partial charge in [0.05, 0.1) is 10.5 Å². The molecule has 4 unspecified atom stereocenters. The zero-order chi connectivity index (χ0) is 77.0. The Bertz CT molecular complexity index is 2230. The number of nitrogens with zero attached hydrogens (tertiary/aromatic N) is 2. The van der Waals surface area contributed by atoms with E-state index in [4.69, 9.17) is 0 Å². The molecule has 0 aromatic carbocycles. The van der Waals surface area contributed by atoms with Crippen molar-refractivity contribution in [3.8, 4) is 0 Å². The predicted octanol–water partition coefficient (Wildman–Crippen LogP) is 15.3. The molecule has 2 aliphatic heterocycles. The van der Waals surface area contributed by atoms with Crippen molar-refractivity contribution in [1.82, 2.24) is 9.80 Å². The van der Waals surface area contributed by atoms with Crippen molar-refractivity contribution in [3.63, 3.8) is 0 Å². The van der Waals surface area contributed by atoms with Gasteiger partial charge >= 0.3 is 98.1 Å². The molecular formula is C71H117N2O14S10Y21. The molecule has 18 radical (unpaired) electrons. The molecule has 618 valence electrons. The number of hydrogen-bond donors (Lipinski definition) is 0. The van der Waals surface area contributed by atoms with E-state index in [1.807, 2.05) is 90.9 Å². The molecule has 2 aliphatic rings. The van der Waals surface area contributed by atoms with Gasteiger partial charge in [-0.25, -0.2) is 11.8 Å². The SMILES string of the molecule is CC[CH-]C(=O)/C=C/SC.CC[CH-]C(=O)CCN1C(=O)CC(SC)C1=O.CC[CH-]C(=O)CCSC.CS/C=C/C(=O)C(C)[C@H](C)C(=O)/C=C/SC.CS/C=C/[C-]=O.CSC1CC(=O)N(CC[C-]=O)C1=O.CSCCC(=O)C(C)[C@@H](C)C(=O)CCSC.CSCC[C-]=O.[CH2-]C.[CH2-]C.[CH2-]C.[Y+3].[Y+3].[Y+3].[Y].[Y].[Y].[Y].[Y].[Y].[Y].[Y].[Y].[Y].[Y].[Y].[Y].[Y].[Y].[Y].[Y].[Y]. The summed E-state index contributed by atoms with van der Waals surface area (Å²) < 4.78 is 0. The van der Waals surface area contributed by atoms with Gasteiger partial charge in [0.25, 0.3) is 0 Å². The average Bonchev–Trinajstić information content (AvgIpc) is 1.70. The van der Waals surface area contributed by atoms with E-state index in [0.29, 0.717) is 32.1 Å². The Labute approximate surface area is 1290 Å². The summed E-state index contributed by atoms with van der Waals surface area (Å²) in [5.41, 5.74) is 0. The summed E-state index contributed by atoms with van der Waals surface area (Å²) in [6.45, 7) is 28.6. The van der Waals surface area contributed by atoms with Gasteiger partial charge in [0.15, 0.2) is 11.6 Å². The molecule has 2 saturated heterocycles. The van der Waals surface area contributed by atoms with E-state index in [2.05, 4.69) is 20.8 Å². The number of likely N-dealkylation sites (tertiary alicyclic amines) is 2. The molecule has 0 N–H and O–H groups in total. The van der Waals surface area contributed by atoms with Crippen LogP contribution in [0.1, 0.15) is 140 Å². The summed E-state index contributed by atoms with van der Waals surface area (Å²) >= 11 is 15.5. The normalized spacial score (nSPS) is 11.8. The molecule has 2 rings (SSSR count). The van der Waals surface area contributed by atoms with Crippen LogP contribution in [0.3, 0.4) is 0 Å². The summed E-state index contributed by atoms with van der Waals surface area (Å²) in [7, 11) is 0. The number of imide groups is 2. The Balaban J connectivity index is -0.0000000263. The third kappa shape index (κ3) is 152. The van der Waals surface area contributed by atoms with Gasteiger partial charge in [0.1, 0.15) is 11.6 Å². The first-order valence-electron chi connectivity index (χ1n) is 31.2. The molecule has 0 bridgehead atoms. The van der Waals surface area contributed by atoms with E-state index in [1.165, 1.54) is 93.7 Å². The van der Waals surface area contributed by atoms with E-state index in [-0.39, 0.29) is 824 Å². The minimum absolute atomic E-state index is 0. The van der Waals surface area contributed by atoms with Crippen molar-refractivity contribution in [1.29, 1.82) is 0 Å². The topological polar surface area (TPSA) is 245 Å². The molecule has 2 heterocycles. The number of Topliss-reactive ketones (excluding diaryl/α,β-unsaturated/α-hetero) is 4. The van der Waals surface area contributed by atoms with Crippen LogP contribution in [0.5, 0.6) is 0 Å². The summed E-state index contributed by atoms with van der Waals surface area (Å²) in [4.78, 5) is 156. The van der Waals surface area contributed by atoms with Crippen molar-refractivity contribution in [2.45, 2.75) is 150 Å². The molecule has 0 saturated carbocycles. The van der Waals surface area contributed by atoms with Crippen molar-refractivity contribution in [2.75, 3.05) is 98.7 Å². The van der Waals surface area contributed by atoms with E-state index >= 15 is 0 Å². The number of hydrogen-bond acceptors (Lipinski definition) is 24. The van der Waals surface area contributed by atoms with Crippen LogP contribution < -0.4 is 0 Å². The Morgan fingerprint density at radius 2 is 0.678 bits per heavy atom. The molecule has 0 aromatic rings. The Kier molecular flexibility index (Phi) is 343. The van der Waals surface area contributed by atoms with Crippen LogP contribution in [0.15, 0.2) is 45.9 Å². The van der Waals surface area contributed by atoms with Crippen LogP contribution in [0.25, 0.3) is 0 Å². The number of carbonyl (C=O) groups excluding carboxylic acids is 14. The quantitative estimate of drug-likeness (QED) is 0.0239. The molecule has 6 atom stereocenters. The average molecular weight is 3410 g/mol. The zero-order valence-electron chi connectivity index (χ0n) is 73.8. The second kappa shape index (κ2) is 182. The first-order valence-corrected chi connectivity index (χ1v) is 44.5. The van der Waals surface area contributed by atoms with E-state index in [0.717, 1.165) is 40.8 Å². The minimum atomic E-state index is -0.262. The van der Waals surface area contributed by atoms with Gasteiger partial charge in [0, 0.05) is 663 Å². The first kappa shape index (κ1) is 222. The van der Waals surface area contributed by atoms with Crippen LogP contribution in [0.2, 0.25) is 0 Å². The molecule has 16 nitrogen and oxygen atoms in total. The molecule has 0 aromatic heterocycles. The fourth-order valence-corrected chi connectivity index (χ4v) is 10.3. The van der Waals surface area contributed by atoms with E-state index < -0.39 is 0 Å². The molecule has 0 spiro atoms. The fourth-order valence-electron chi connectivity index (χ4n) is 6.51. The maximum Gasteiger partial charge on any atom is 3.00 e. The number of rotatable bonds is 40. The zero-order valence-corrected chi connectivity index (χ0v) is 142. The van der Waals surface area contributed by atoms with Gasteiger partial charge in [-0.05, 0) is 133 Å². The number of carbonyl (C=O) groups is 11. The van der Waals surface area contributed by atoms with Crippen molar-refractivity contribution in [3.05, 3.63) is 86.0 Å². The van der Waals surface area contributed by atoms with Gasteiger partial charge in [-0.3, -0.25) is 60.7 Å². The fraction of sp³-hybridized carbons (Fsp3) is 0.606. The molecule has 118 heavy (non-hydrogen) atoms. The summed E-state index contributed by atoms with van der Waals surface area (Å²) in [5, 5.41) is 6.44. The maximum atomic E-state index is 11.8. The molecule has 4 amide bonds. The van der Waals surface area contributed by atoms with E-state index in [1.54, 1.807) is 154 Å². The van der Waals surface area contributed by atoms with Crippen LogP contribution in [0, 0.1) is 63.7 Å². The van der Waals surface area contributed by atoms with Crippen molar-refractivity contribution < 1.29 is 754 Å². The number of thioether (sulfide) groups is 10. The molecule has 47 heteroatoms. The summed E-state index contributed by atoms with van der Waals surface area (Å²) in [6, 6.07) is 0. The van der Waals surface area contributed by atoms with Crippen molar-refractivity contribution in [2.24, 2.45) is 23.7 Å². The van der Waals surface area contributed by atoms with Crippen molar-refractivity contribution >= 4 is 201 Å². The van der Waals surface area contributed by atoms with Gasteiger partial charge < -0.3 is 62.4 Å². The first-order chi connectivity index (χ1) is 46.3. The Morgan fingerprint density at radius 3 is 0.915 bits per heavy atom. The number of ketones is 7. The smallest absolute Gasteiger partial charge is 0.542 e. The van der Waals surface area contributed by atoms with Gasteiger partial charge in [-0.2, -0.15) is 140 Å². The van der Waals surface area contributed by atoms with E-state index in [9.17, 15) is 67.1 Å². The monoisotopic (exact) mass is 3410 g/mol. The second-order valence-corrected chi connectivity index (χ2v) is 27.7. The number of amides is 4. The molecule has 2 fully saturated rings. The van der Waals surface area contributed by atoms with Crippen LogP contribution in [0.4, 0.5) is 0 Å². The largest absolute Gasteiger partial charge is 3.00 e. The third-order valence-corrected chi connectivity index (χ3v) is 18.1. The van der Waals surface area contributed by atoms with Crippen LogP contribution >= 0.6 is 118 Å². The second-order valence-electron chi connectivity index (χ2n) is 18.7. The van der Waals surface area contributed by atoms with Gasteiger partial charge in [0.2, 0.25) is 23.6 Å². The number of allylic oxidation sites excluding steroid dienone is 4. The van der Waals surface area contributed by atoms with Crippen LogP contribution in [-0.2, 0) is 754 Å². The summed E-state index contributed by atoms with van der Waals surface area (Å²) in [6.07, 6.45) is 40.9. The Morgan fingerprint density at radius 1 is 0.398 bits per heavy atom. The summed E-state index contributed by atoms with van der Waals surface area (Å²) in [5.74, 6) is 2.98. The maximum absolute atomic E-state index is 11.8. The standard InChI is InChI=1S/C12H22O2S2.C12H18O2S2.C11H16NO3S.C8H10NO3S.C7H13OS.C7H11OS.C4H7OS.C4H5OS.3C2H5.21Y/c2*1-9(11(13)5-7-15-3)10(2)12(14)6-8-16-4;1-3-4-8(13)5-6-12-10(14)7-9(16-2)11(12)15;1-13-6-5-7(11)9(8(6)12)3-2-4-10;2*1-3-4-7(8)5-6-9-2;2*1-6-4-2-3-5;3*1-2;;;;;;;;;;;;;;;;;;;;;/h9-10H,5-8H2,1-4H3;5-10H,1-4H3;4,9H,3,5-7H2,1-2H3;6H,2-3,5H2,1H3;4H,3,5-6H2,1-2H3;4-6H,3H2,1-2H3;2,4H2,1H3;2,4H,1H3;3*1H2,2H3;;;;;;;;;;;;;;;;;;;;;/q;;9*-1;;;;;;;;;;;;;;;;;;;3*+3/b;7-5+,8-6+;;;;6-5+;;4-2+;;;;;;;;;;;;;;;;;;;;;;;;/t2*9-,10?;;;;;;;;;;;;;;;;;;;;;;;;;;;;;;/m10............................../s1. The van der Waals surface area contributed by atoms with Gasteiger partial charge in [-0.1, -0.05) is 48.5 Å². The third-order valence-electron chi connectivity index (χ3n) is 12.1. The van der Waals surface area contributed by atoms with Gasteiger partial charge in [-0.15, -0.1) is 48.2 Å². The minimum Gasteiger partial charge on any atom is -0.542 e. The predicted molar refractivity (Wildman–Crippen MR) is 435 cm³/mol. The molecular weight excluding hydrogens is 3290 g/mol. The Hall–Kier alpha value is 20.2. The molecule has 0 aliphatic carbocycles.